The maximum atomic E-state index is 13.5. The van der Waals surface area contributed by atoms with Crippen LogP contribution in [0.25, 0.3) is 11.4 Å². The molecule has 1 aromatic heterocycles. The van der Waals surface area contributed by atoms with Crippen molar-refractivity contribution in [2.24, 2.45) is 0 Å². The first-order valence-corrected chi connectivity index (χ1v) is 12.5. The highest BCUT2D eigenvalue weighted by Crippen LogP contribution is 2.31. The Labute approximate surface area is 198 Å². The summed E-state index contributed by atoms with van der Waals surface area (Å²) in [6.07, 6.45) is 1.01. The summed E-state index contributed by atoms with van der Waals surface area (Å²) < 4.78 is 46.8. The molecule has 180 valence electrons. The molecule has 2 unspecified atom stereocenters. The molecule has 1 aliphatic heterocycles. The maximum absolute atomic E-state index is 13.5. The average molecular weight is 487 g/mol. The van der Waals surface area contributed by atoms with Gasteiger partial charge < -0.3 is 9.84 Å². The molecule has 1 amide bonds. The summed E-state index contributed by atoms with van der Waals surface area (Å²) in [6.45, 7) is 7.42. The second kappa shape index (κ2) is 9.27. The van der Waals surface area contributed by atoms with Crippen LogP contribution in [0.1, 0.15) is 48.4 Å². The molecule has 34 heavy (non-hydrogen) atoms. The van der Waals surface area contributed by atoms with Gasteiger partial charge in [0.05, 0.1) is 4.90 Å². The summed E-state index contributed by atoms with van der Waals surface area (Å²) in [5.41, 5.74) is 2.89. The Kier molecular flexibility index (Phi) is 6.55. The van der Waals surface area contributed by atoms with Crippen molar-refractivity contribution >= 4 is 15.9 Å². The lowest BCUT2D eigenvalue weighted by atomic mass is 10.1. The molecule has 0 spiro atoms. The van der Waals surface area contributed by atoms with Crippen molar-refractivity contribution < 1.29 is 22.1 Å². The Hall–Kier alpha value is -3.11. The highest BCUT2D eigenvalue weighted by Gasteiger charge is 2.41. The highest BCUT2D eigenvalue weighted by molar-refractivity contribution is 7.89. The van der Waals surface area contributed by atoms with Crippen molar-refractivity contribution in [2.45, 2.75) is 57.5 Å². The van der Waals surface area contributed by atoms with Gasteiger partial charge in [-0.15, -0.1) is 0 Å². The number of nitrogens with zero attached hydrogens (tertiary/aromatic N) is 3. The van der Waals surface area contributed by atoms with Gasteiger partial charge in [0.25, 0.3) is 0 Å². The molecule has 1 aliphatic rings. The van der Waals surface area contributed by atoms with Gasteiger partial charge in [-0.3, -0.25) is 4.79 Å². The van der Waals surface area contributed by atoms with Crippen molar-refractivity contribution in [3.63, 3.8) is 0 Å². The first kappa shape index (κ1) is 24.0. The van der Waals surface area contributed by atoms with Gasteiger partial charge in [0.2, 0.25) is 27.6 Å². The molecule has 2 aromatic carbocycles. The van der Waals surface area contributed by atoms with Crippen LogP contribution < -0.4 is 5.32 Å². The Bertz CT molecular complexity index is 1300. The molecular formula is C24H27FN4O4S. The molecular weight excluding hydrogens is 459 g/mol. The second-order valence-electron chi connectivity index (χ2n) is 8.70. The SMILES string of the molecule is Cc1cc(C)c(S(=O)(=O)N2CCCC2C(=O)NC(C)c2nc(-c3ccc(F)cc3)no2)c(C)c1. The fraction of sp³-hybridized carbons (Fsp3) is 0.375. The minimum absolute atomic E-state index is 0.172. The Morgan fingerprint density at radius 3 is 2.47 bits per heavy atom. The molecule has 8 nitrogen and oxygen atoms in total. The van der Waals surface area contributed by atoms with E-state index < -0.39 is 28.0 Å². The standard InChI is InChI=1S/C24H27FN4O4S/c1-14-12-15(2)21(16(3)13-14)34(31,32)29-11-5-6-20(29)23(30)26-17(4)24-27-22(28-33-24)18-7-9-19(25)10-8-18/h7-10,12-13,17,20H,5-6,11H2,1-4H3,(H,26,30). The van der Waals surface area contributed by atoms with Crippen LogP contribution in [0.3, 0.4) is 0 Å². The summed E-state index contributed by atoms with van der Waals surface area (Å²) in [4.78, 5) is 17.7. The quantitative estimate of drug-likeness (QED) is 0.568. The van der Waals surface area contributed by atoms with Crippen molar-refractivity contribution in [1.82, 2.24) is 19.8 Å². The van der Waals surface area contributed by atoms with E-state index in [0.717, 1.165) is 5.56 Å². The van der Waals surface area contributed by atoms with E-state index in [9.17, 15) is 17.6 Å². The number of hydrogen-bond acceptors (Lipinski definition) is 6. The normalized spacial score (nSPS) is 17.6. The van der Waals surface area contributed by atoms with Gasteiger partial charge in [-0.2, -0.15) is 9.29 Å². The number of rotatable bonds is 6. The minimum atomic E-state index is -3.86. The molecule has 2 heterocycles. The van der Waals surface area contributed by atoms with Crippen molar-refractivity contribution in [3.05, 3.63) is 64.8 Å². The van der Waals surface area contributed by atoms with E-state index in [0.29, 0.717) is 29.5 Å². The molecule has 0 radical (unpaired) electrons. The van der Waals surface area contributed by atoms with E-state index in [1.165, 1.54) is 28.6 Å². The summed E-state index contributed by atoms with van der Waals surface area (Å²) in [5.74, 6) is -0.352. The molecule has 0 aliphatic carbocycles. The van der Waals surface area contributed by atoms with Crippen LogP contribution in [0.5, 0.6) is 0 Å². The fourth-order valence-electron chi connectivity index (χ4n) is 4.48. The summed E-state index contributed by atoms with van der Waals surface area (Å²) in [6, 6.07) is 7.86. The van der Waals surface area contributed by atoms with E-state index in [-0.39, 0.29) is 29.0 Å². The van der Waals surface area contributed by atoms with E-state index in [4.69, 9.17) is 4.52 Å². The highest BCUT2D eigenvalue weighted by atomic mass is 32.2. The average Bonchev–Trinajstić information content (AvgIpc) is 3.44. The predicted molar refractivity (Wildman–Crippen MR) is 124 cm³/mol. The molecule has 0 bridgehead atoms. The monoisotopic (exact) mass is 486 g/mol. The number of nitrogens with one attached hydrogen (secondary N) is 1. The lowest BCUT2D eigenvalue weighted by molar-refractivity contribution is -0.125. The minimum Gasteiger partial charge on any atom is -0.343 e. The number of halogens is 1. The van der Waals surface area contributed by atoms with E-state index in [1.54, 1.807) is 20.8 Å². The number of carbonyl (C=O) groups is 1. The molecule has 3 aromatic rings. The lowest BCUT2D eigenvalue weighted by Gasteiger charge is -2.26. The lowest BCUT2D eigenvalue weighted by Crippen LogP contribution is -2.46. The fourth-order valence-corrected chi connectivity index (χ4v) is 6.55. The molecule has 1 fully saturated rings. The summed E-state index contributed by atoms with van der Waals surface area (Å²) in [7, 11) is -3.86. The number of hydrogen-bond donors (Lipinski definition) is 1. The van der Waals surface area contributed by atoms with Crippen LogP contribution in [0, 0.1) is 26.6 Å². The summed E-state index contributed by atoms with van der Waals surface area (Å²) >= 11 is 0. The molecule has 2 atom stereocenters. The third-order valence-corrected chi connectivity index (χ3v) is 8.17. The third-order valence-electron chi connectivity index (χ3n) is 5.95. The Morgan fingerprint density at radius 1 is 1.18 bits per heavy atom. The van der Waals surface area contributed by atoms with E-state index >= 15 is 0 Å². The van der Waals surface area contributed by atoms with E-state index in [2.05, 4.69) is 15.5 Å². The zero-order chi connectivity index (χ0) is 24.6. The summed E-state index contributed by atoms with van der Waals surface area (Å²) in [5, 5.41) is 6.70. The van der Waals surface area contributed by atoms with Crippen LogP contribution in [-0.2, 0) is 14.8 Å². The number of aromatic nitrogens is 2. The molecule has 1 N–H and O–H groups in total. The van der Waals surface area contributed by atoms with Crippen LogP contribution in [0.2, 0.25) is 0 Å². The van der Waals surface area contributed by atoms with Crippen molar-refractivity contribution in [2.75, 3.05) is 6.54 Å². The van der Waals surface area contributed by atoms with Gasteiger partial charge in [0.1, 0.15) is 17.9 Å². The zero-order valence-corrected chi connectivity index (χ0v) is 20.3. The maximum Gasteiger partial charge on any atom is 0.249 e. The van der Waals surface area contributed by atoms with Crippen molar-refractivity contribution in [3.8, 4) is 11.4 Å². The van der Waals surface area contributed by atoms with Crippen molar-refractivity contribution in [1.29, 1.82) is 0 Å². The topological polar surface area (TPSA) is 105 Å². The Morgan fingerprint density at radius 2 is 1.82 bits per heavy atom. The molecule has 1 saturated heterocycles. The first-order chi connectivity index (χ1) is 16.1. The first-order valence-electron chi connectivity index (χ1n) is 11.1. The smallest absolute Gasteiger partial charge is 0.249 e. The van der Waals surface area contributed by atoms with Crippen LogP contribution >= 0.6 is 0 Å². The number of amides is 1. The van der Waals surface area contributed by atoms with Crippen LogP contribution in [0.4, 0.5) is 4.39 Å². The largest absolute Gasteiger partial charge is 0.343 e. The van der Waals surface area contributed by atoms with E-state index in [1.807, 2.05) is 19.1 Å². The van der Waals surface area contributed by atoms with Gasteiger partial charge in [-0.25, -0.2) is 12.8 Å². The number of aryl methyl sites for hydroxylation is 3. The zero-order valence-electron chi connectivity index (χ0n) is 19.5. The van der Waals surface area contributed by atoms with Gasteiger partial charge in [0.15, 0.2) is 0 Å². The number of benzene rings is 2. The molecule has 4 rings (SSSR count). The number of sulfonamides is 1. The van der Waals surface area contributed by atoms with Crippen LogP contribution in [0.15, 0.2) is 45.8 Å². The van der Waals surface area contributed by atoms with Gasteiger partial charge in [-0.1, -0.05) is 22.9 Å². The molecule has 10 heteroatoms. The third kappa shape index (κ3) is 4.60. The predicted octanol–water partition coefficient (Wildman–Crippen LogP) is 3.83. The Balaban J connectivity index is 1.51. The second-order valence-corrected chi connectivity index (χ2v) is 10.5. The van der Waals surface area contributed by atoms with Gasteiger partial charge >= 0.3 is 0 Å². The number of carbonyl (C=O) groups excluding carboxylic acids is 1. The molecule has 0 saturated carbocycles. The van der Waals surface area contributed by atoms with Gasteiger partial charge in [-0.05, 0) is 75.9 Å². The van der Waals surface area contributed by atoms with Crippen LogP contribution in [-0.4, -0.2) is 41.4 Å². The van der Waals surface area contributed by atoms with Gasteiger partial charge in [0, 0.05) is 12.1 Å².